The molecule has 2 nitrogen and oxygen atoms in total. The van der Waals surface area contributed by atoms with Crippen LogP contribution in [0.2, 0.25) is 0 Å². The molecule has 0 aliphatic heterocycles. The Morgan fingerprint density at radius 1 is 1.28 bits per heavy atom. The summed E-state index contributed by atoms with van der Waals surface area (Å²) in [5.74, 6) is 0. The highest BCUT2D eigenvalue weighted by molar-refractivity contribution is 8.01. The van der Waals surface area contributed by atoms with Crippen molar-refractivity contribution in [1.82, 2.24) is 4.90 Å². The van der Waals surface area contributed by atoms with Gasteiger partial charge in [-0.25, -0.2) is 0 Å². The molecule has 1 unspecified atom stereocenters. The number of aliphatic hydroxyl groups excluding tert-OH is 1. The maximum atomic E-state index is 10.2. The highest BCUT2D eigenvalue weighted by atomic mass is 32.2. The van der Waals surface area contributed by atoms with E-state index in [0.29, 0.717) is 5.25 Å². The molecule has 1 heterocycles. The van der Waals surface area contributed by atoms with Crippen molar-refractivity contribution in [3.8, 4) is 0 Å². The lowest BCUT2D eigenvalue weighted by molar-refractivity contribution is 0.148. The smallest absolute Gasteiger partial charge is 0.0894 e. The second-order valence-electron chi connectivity index (χ2n) is 4.65. The van der Waals surface area contributed by atoms with Gasteiger partial charge in [0.05, 0.1) is 10.3 Å². The number of nitrogens with zero attached hydrogens (tertiary/aromatic N) is 1. The van der Waals surface area contributed by atoms with Crippen molar-refractivity contribution in [3.63, 3.8) is 0 Å². The predicted molar refractivity (Wildman–Crippen MR) is 82.7 cm³/mol. The first-order valence-electron chi connectivity index (χ1n) is 6.73. The number of thioether (sulfide) groups is 1. The van der Waals surface area contributed by atoms with Crippen LogP contribution in [0.25, 0.3) is 0 Å². The van der Waals surface area contributed by atoms with Gasteiger partial charge in [-0.1, -0.05) is 27.7 Å². The summed E-state index contributed by atoms with van der Waals surface area (Å²) in [6, 6.07) is 4.20. The maximum absolute atomic E-state index is 10.2. The summed E-state index contributed by atoms with van der Waals surface area (Å²) in [5.41, 5.74) is 0. The predicted octanol–water partition coefficient (Wildman–Crippen LogP) is 4.01. The molecule has 1 N–H and O–H groups in total. The fourth-order valence-electron chi connectivity index (χ4n) is 1.80. The fourth-order valence-corrected chi connectivity index (χ4v) is 4.22. The van der Waals surface area contributed by atoms with Crippen LogP contribution in [0.5, 0.6) is 0 Å². The van der Waals surface area contributed by atoms with Gasteiger partial charge in [-0.2, -0.15) is 0 Å². The van der Waals surface area contributed by atoms with Crippen LogP contribution >= 0.6 is 23.1 Å². The molecule has 0 saturated heterocycles. The van der Waals surface area contributed by atoms with Gasteiger partial charge in [-0.15, -0.1) is 23.1 Å². The molecule has 1 aromatic heterocycles. The Morgan fingerprint density at radius 3 is 2.50 bits per heavy atom. The quantitative estimate of drug-likeness (QED) is 0.731. The SMILES string of the molecule is CCN(CC)CCC(O)c1ccc(SC(C)C)s1. The lowest BCUT2D eigenvalue weighted by atomic mass is 10.2. The van der Waals surface area contributed by atoms with E-state index in [1.807, 2.05) is 11.8 Å². The molecule has 0 saturated carbocycles. The number of hydrogen-bond donors (Lipinski definition) is 1. The molecule has 0 spiro atoms. The topological polar surface area (TPSA) is 23.5 Å². The zero-order valence-electron chi connectivity index (χ0n) is 11.8. The van der Waals surface area contributed by atoms with Crippen LogP contribution in [0.4, 0.5) is 0 Å². The summed E-state index contributed by atoms with van der Waals surface area (Å²) in [5, 5.41) is 10.8. The molecule has 0 fully saturated rings. The van der Waals surface area contributed by atoms with Crippen LogP contribution in [0.3, 0.4) is 0 Å². The van der Waals surface area contributed by atoms with Gasteiger partial charge in [0.15, 0.2) is 0 Å². The Hall–Kier alpha value is -0.0300. The second-order valence-corrected chi connectivity index (χ2v) is 7.65. The van der Waals surface area contributed by atoms with Gasteiger partial charge in [0, 0.05) is 16.7 Å². The summed E-state index contributed by atoms with van der Waals surface area (Å²) < 4.78 is 1.31. The minimum atomic E-state index is -0.308. The Bertz CT molecular complexity index is 334. The standard InChI is InChI=1S/C14H25NOS2/c1-5-15(6-2)10-9-12(16)13-7-8-14(18-13)17-11(3)4/h7-8,11-12,16H,5-6,9-10H2,1-4H3. The number of thiophene rings is 1. The van der Waals surface area contributed by atoms with E-state index in [-0.39, 0.29) is 6.10 Å². The molecule has 1 atom stereocenters. The molecule has 0 aliphatic rings. The molecule has 0 bridgehead atoms. The molecule has 1 aromatic rings. The third-order valence-corrected chi connectivity index (χ3v) is 5.26. The van der Waals surface area contributed by atoms with Crippen LogP contribution in [-0.2, 0) is 0 Å². The number of hydrogen-bond acceptors (Lipinski definition) is 4. The zero-order valence-corrected chi connectivity index (χ0v) is 13.5. The zero-order chi connectivity index (χ0) is 13.5. The van der Waals surface area contributed by atoms with E-state index in [9.17, 15) is 5.11 Å². The normalized spacial score (nSPS) is 13.5. The van der Waals surface area contributed by atoms with Gasteiger partial charge in [-0.3, -0.25) is 0 Å². The summed E-state index contributed by atoms with van der Waals surface area (Å²) in [4.78, 5) is 3.45. The molecule has 0 aromatic carbocycles. The number of rotatable bonds is 8. The van der Waals surface area contributed by atoms with E-state index in [2.05, 4.69) is 44.7 Å². The van der Waals surface area contributed by atoms with E-state index in [4.69, 9.17) is 0 Å². The van der Waals surface area contributed by atoms with Crippen molar-refractivity contribution < 1.29 is 5.11 Å². The molecule has 104 valence electrons. The van der Waals surface area contributed by atoms with Crippen LogP contribution < -0.4 is 0 Å². The van der Waals surface area contributed by atoms with Crippen molar-refractivity contribution in [1.29, 1.82) is 0 Å². The van der Waals surface area contributed by atoms with Gasteiger partial charge in [0.2, 0.25) is 0 Å². The molecule has 4 heteroatoms. The Labute approximate surface area is 119 Å². The fraction of sp³-hybridized carbons (Fsp3) is 0.714. The van der Waals surface area contributed by atoms with E-state index in [0.717, 1.165) is 30.9 Å². The lowest BCUT2D eigenvalue weighted by Gasteiger charge is -2.19. The van der Waals surface area contributed by atoms with Gasteiger partial charge in [0.25, 0.3) is 0 Å². The summed E-state index contributed by atoms with van der Waals surface area (Å²) in [7, 11) is 0. The van der Waals surface area contributed by atoms with Crippen LogP contribution in [0, 0.1) is 0 Å². The van der Waals surface area contributed by atoms with E-state index < -0.39 is 0 Å². The van der Waals surface area contributed by atoms with Crippen LogP contribution in [0.1, 0.15) is 45.1 Å². The van der Waals surface area contributed by atoms with Crippen molar-refractivity contribution in [2.75, 3.05) is 19.6 Å². The van der Waals surface area contributed by atoms with E-state index in [1.165, 1.54) is 4.21 Å². The Morgan fingerprint density at radius 2 is 1.94 bits per heavy atom. The highest BCUT2D eigenvalue weighted by Crippen LogP contribution is 2.33. The summed E-state index contributed by atoms with van der Waals surface area (Å²) in [6.45, 7) is 11.8. The maximum Gasteiger partial charge on any atom is 0.0894 e. The Balaban J connectivity index is 2.46. The molecular formula is C14H25NOS2. The summed E-state index contributed by atoms with van der Waals surface area (Å²) in [6.07, 6.45) is 0.519. The van der Waals surface area contributed by atoms with Crippen LogP contribution in [-0.4, -0.2) is 34.9 Å². The minimum absolute atomic E-state index is 0.308. The van der Waals surface area contributed by atoms with E-state index in [1.54, 1.807) is 11.3 Å². The second kappa shape index (κ2) is 8.20. The molecular weight excluding hydrogens is 262 g/mol. The van der Waals surface area contributed by atoms with Crippen LogP contribution in [0.15, 0.2) is 16.3 Å². The lowest BCUT2D eigenvalue weighted by Crippen LogP contribution is -2.25. The molecule has 0 radical (unpaired) electrons. The third kappa shape index (κ3) is 5.31. The first kappa shape index (κ1) is 16.0. The largest absolute Gasteiger partial charge is 0.388 e. The van der Waals surface area contributed by atoms with Gasteiger partial charge in [-0.05, 0) is 31.6 Å². The Kier molecular flexibility index (Phi) is 7.30. The van der Waals surface area contributed by atoms with Gasteiger partial charge >= 0.3 is 0 Å². The third-order valence-electron chi connectivity index (χ3n) is 2.90. The summed E-state index contributed by atoms with van der Waals surface area (Å²) >= 11 is 3.60. The average molecular weight is 287 g/mol. The number of aliphatic hydroxyl groups is 1. The monoisotopic (exact) mass is 287 g/mol. The molecule has 0 amide bonds. The van der Waals surface area contributed by atoms with Gasteiger partial charge in [0.1, 0.15) is 0 Å². The molecule has 1 rings (SSSR count). The molecule has 18 heavy (non-hydrogen) atoms. The first-order chi connectivity index (χ1) is 8.56. The van der Waals surface area contributed by atoms with Crippen molar-refractivity contribution in [2.45, 2.75) is 49.7 Å². The highest BCUT2D eigenvalue weighted by Gasteiger charge is 2.12. The van der Waals surface area contributed by atoms with Crippen molar-refractivity contribution >= 4 is 23.1 Å². The minimum Gasteiger partial charge on any atom is -0.388 e. The van der Waals surface area contributed by atoms with E-state index >= 15 is 0 Å². The van der Waals surface area contributed by atoms with Crippen molar-refractivity contribution in [3.05, 3.63) is 17.0 Å². The van der Waals surface area contributed by atoms with Crippen molar-refractivity contribution in [2.24, 2.45) is 0 Å². The first-order valence-corrected chi connectivity index (χ1v) is 8.43. The molecule has 0 aliphatic carbocycles. The average Bonchev–Trinajstić information content (AvgIpc) is 2.77. The van der Waals surface area contributed by atoms with Gasteiger partial charge < -0.3 is 10.0 Å².